The van der Waals surface area contributed by atoms with Crippen molar-refractivity contribution in [3.05, 3.63) is 48.0 Å². The number of rotatable bonds is 6. The molecular weight excluding hydrogens is 396 g/mol. The molecule has 31 heavy (non-hydrogen) atoms. The summed E-state index contributed by atoms with van der Waals surface area (Å²) in [6.07, 6.45) is 6.27. The van der Waals surface area contributed by atoms with Crippen LogP contribution in [-0.2, 0) is 25.5 Å². The number of aliphatic hydroxyl groups excluding tert-OH is 1. The molecule has 1 aliphatic heterocycles. The van der Waals surface area contributed by atoms with Gasteiger partial charge in [-0.05, 0) is 45.1 Å². The van der Waals surface area contributed by atoms with Crippen LogP contribution in [0.1, 0.15) is 45.1 Å². The second-order valence-electron chi connectivity index (χ2n) is 8.26. The molecule has 1 aliphatic rings. The lowest BCUT2D eigenvalue weighted by Gasteiger charge is -2.21. The number of hydrogen-bond donors (Lipinski definition) is 3. The first-order valence-corrected chi connectivity index (χ1v) is 10.9. The van der Waals surface area contributed by atoms with E-state index in [-0.39, 0.29) is 55.4 Å². The molecule has 1 aromatic rings. The van der Waals surface area contributed by atoms with Gasteiger partial charge in [-0.3, -0.25) is 14.4 Å². The Balaban J connectivity index is 2.05. The maximum atomic E-state index is 12.7. The summed E-state index contributed by atoms with van der Waals surface area (Å²) in [6, 6.07) is 9.13. The molecule has 7 heteroatoms. The van der Waals surface area contributed by atoms with Crippen LogP contribution in [0.15, 0.2) is 42.5 Å². The molecule has 2 amide bonds. The van der Waals surface area contributed by atoms with Crippen molar-refractivity contribution in [2.45, 2.75) is 58.0 Å². The number of ether oxygens (including phenoxy) is 1. The highest BCUT2D eigenvalue weighted by Crippen LogP contribution is 2.18. The van der Waals surface area contributed by atoms with E-state index in [9.17, 15) is 14.4 Å². The molecule has 0 radical (unpaired) electrons. The highest BCUT2D eigenvalue weighted by molar-refractivity contribution is 5.86. The second kappa shape index (κ2) is 12.9. The monoisotopic (exact) mass is 430 g/mol. The van der Waals surface area contributed by atoms with Gasteiger partial charge in [0.1, 0.15) is 6.61 Å². The van der Waals surface area contributed by atoms with Gasteiger partial charge in [0.2, 0.25) is 11.8 Å². The summed E-state index contributed by atoms with van der Waals surface area (Å²) in [6.45, 7) is 3.40. The molecule has 0 aliphatic carbocycles. The number of allylic oxidation sites excluding steroid dienone is 2. The van der Waals surface area contributed by atoms with Crippen LogP contribution in [-0.4, -0.2) is 48.2 Å². The second-order valence-corrected chi connectivity index (χ2v) is 8.26. The maximum absolute atomic E-state index is 12.7. The molecule has 0 unspecified atom stereocenters. The Bertz CT molecular complexity index is 750. The van der Waals surface area contributed by atoms with Crippen molar-refractivity contribution < 1.29 is 24.2 Å². The van der Waals surface area contributed by atoms with E-state index >= 15 is 0 Å². The van der Waals surface area contributed by atoms with Gasteiger partial charge in [0.25, 0.3) is 0 Å². The Labute approximate surface area is 184 Å². The van der Waals surface area contributed by atoms with Crippen LogP contribution in [0, 0.1) is 11.8 Å². The van der Waals surface area contributed by atoms with E-state index in [1.165, 1.54) is 0 Å². The Morgan fingerprint density at radius 3 is 2.68 bits per heavy atom. The van der Waals surface area contributed by atoms with Crippen molar-refractivity contribution in [3.8, 4) is 0 Å². The first kappa shape index (κ1) is 24.6. The normalized spacial score (nSPS) is 24.0. The number of carbonyl (C=O) groups excluding carboxylic acids is 3. The standard InChI is InChI=1S/C24H34N2O5/c1-17(15-27)25-22(28)14-20-11-7-4-8-12-21(13-19-9-5-3-6-10-19)24(30)31-16-18(2)26-23(20)29/h3-7,9-10,17-18,20-21,27H,8,11-16H2,1-2H3,(H,25,28)(H,26,29)/t17-,18+,20-,21-/m1/s1. The maximum Gasteiger partial charge on any atom is 0.309 e. The van der Waals surface area contributed by atoms with Gasteiger partial charge in [-0.1, -0.05) is 42.5 Å². The molecule has 0 spiro atoms. The first-order valence-electron chi connectivity index (χ1n) is 10.9. The Morgan fingerprint density at radius 1 is 1.23 bits per heavy atom. The molecule has 1 heterocycles. The van der Waals surface area contributed by atoms with E-state index in [0.29, 0.717) is 25.7 Å². The molecule has 0 bridgehead atoms. The molecule has 0 saturated carbocycles. The molecule has 4 atom stereocenters. The van der Waals surface area contributed by atoms with Crippen molar-refractivity contribution in [2.24, 2.45) is 11.8 Å². The van der Waals surface area contributed by atoms with Crippen molar-refractivity contribution in [1.29, 1.82) is 0 Å². The number of amides is 2. The van der Waals surface area contributed by atoms with E-state index in [0.717, 1.165) is 5.56 Å². The molecule has 7 nitrogen and oxygen atoms in total. The summed E-state index contributed by atoms with van der Waals surface area (Å²) in [4.78, 5) is 37.5. The summed E-state index contributed by atoms with van der Waals surface area (Å²) in [5.74, 6) is -1.56. The van der Waals surface area contributed by atoms with E-state index in [4.69, 9.17) is 9.84 Å². The van der Waals surface area contributed by atoms with Gasteiger partial charge < -0.3 is 20.5 Å². The predicted molar refractivity (Wildman–Crippen MR) is 118 cm³/mol. The fraction of sp³-hybridized carbons (Fsp3) is 0.542. The summed E-state index contributed by atoms with van der Waals surface area (Å²) in [5, 5.41) is 14.6. The molecule has 0 aromatic heterocycles. The van der Waals surface area contributed by atoms with Crippen LogP contribution < -0.4 is 10.6 Å². The zero-order chi connectivity index (χ0) is 22.6. The van der Waals surface area contributed by atoms with Gasteiger partial charge in [-0.2, -0.15) is 0 Å². The van der Waals surface area contributed by atoms with Crippen LogP contribution in [0.3, 0.4) is 0 Å². The van der Waals surface area contributed by atoms with Crippen LogP contribution in [0.4, 0.5) is 0 Å². The minimum Gasteiger partial charge on any atom is -0.463 e. The van der Waals surface area contributed by atoms with Gasteiger partial charge in [-0.15, -0.1) is 0 Å². The van der Waals surface area contributed by atoms with E-state index < -0.39 is 5.92 Å². The SMILES string of the molecule is C[C@H](CO)NC(=O)C[C@H]1CC=CCC[C@H](Cc2ccccc2)C(=O)OC[C@H](C)NC1=O. The molecule has 0 saturated heterocycles. The Morgan fingerprint density at radius 2 is 1.97 bits per heavy atom. The number of carbonyl (C=O) groups is 3. The summed E-state index contributed by atoms with van der Waals surface area (Å²) in [5.41, 5.74) is 1.09. The minimum atomic E-state index is -0.527. The summed E-state index contributed by atoms with van der Waals surface area (Å²) >= 11 is 0. The third-order valence-electron chi connectivity index (χ3n) is 5.28. The number of cyclic esters (lactones) is 1. The fourth-order valence-electron chi connectivity index (χ4n) is 3.49. The summed E-state index contributed by atoms with van der Waals surface area (Å²) < 4.78 is 5.50. The van der Waals surface area contributed by atoms with Crippen LogP contribution in [0.2, 0.25) is 0 Å². The number of benzene rings is 1. The molecular formula is C24H34N2O5. The minimum absolute atomic E-state index is 0.0314. The number of hydrogen-bond acceptors (Lipinski definition) is 5. The molecule has 2 rings (SSSR count). The van der Waals surface area contributed by atoms with Crippen LogP contribution >= 0.6 is 0 Å². The third-order valence-corrected chi connectivity index (χ3v) is 5.28. The fourth-order valence-corrected chi connectivity index (χ4v) is 3.49. The average Bonchev–Trinajstić information content (AvgIpc) is 2.76. The average molecular weight is 431 g/mol. The Kier molecular flexibility index (Phi) is 10.2. The lowest BCUT2D eigenvalue weighted by Crippen LogP contribution is -2.43. The largest absolute Gasteiger partial charge is 0.463 e. The molecule has 1 aromatic carbocycles. The third kappa shape index (κ3) is 8.92. The predicted octanol–water partition coefficient (Wildman–Crippen LogP) is 2.14. The highest BCUT2D eigenvalue weighted by Gasteiger charge is 2.25. The molecule has 3 N–H and O–H groups in total. The van der Waals surface area contributed by atoms with Gasteiger partial charge in [0.05, 0.1) is 24.5 Å². The number of nitrogens with one attached hydrogen (secondary N) is 2. The number of aliphatic hydroxyl groups is 1. The van der Waals surface area contributed by atoms with E-state index in [1.54, 1.807) is 13.8 Å². The van der Waals surface area contributed by atoms with Crippen molar-refractivity contribution >= 4 is 17.8 Å². The number of esters is 1. The lowest BCUT2D eigenvalue weighted by molar-refractivity contribution is -0.150. The van der Waals surface area contributed by atoms with Crippen molar-refractivity contribution in [3.63, 3.8) is 0 Å². The molecule has 170 valence electrons. The van der Waals surface area contributed by atoms with E-state index in [2.05, 4.69) is 10.6 Å². The van der Waals surface area contributed by atoms with Crippen molar-refractivity contribution in [2.75, 3.05) is 13.2 Å². The highest BCUT2D eigenvalue weighted by atomic mass is 16.5. The van der Waals surface area contributed by atoms with Crippen molar-refractivity contribution in [1.82, 2.24) is 10.6 Å². The van der Waals surface area contributed by atoms with Gasteiger partial charge in [0.15, 0.2) is 0 Å². The lowest BCUT2D eigenvalue weighted by atomic mass is 9.94. The zero-order valence-corrected chi connectivity index (χ0v) is 18.4. The quantitative estimate of drug-likeness (QED) is 0.474. The Hall–Kier alpha value is -2.67. The smallest absolute Gasteiger partial charge is 0.309 e. The van der Waals surface area contributed by atoms with Crippen LogP contribution in [0.25, 0.3) is 0 Å². The van der Waals surface area contributed by atoms with Gasteiger partial charge in [-0.25, -0.2) is 0 Å². The summed E-state index contributed by atoms with van der Waals surface area (Å²) in [7, 11) is 0. The molecule has 0 fully saturated rings. The van der Waals surface area contributed by atoms with Gasteiger partial charge >= 0.3 is 5.97 Å². The van der Waals surface area contributed by atoms with E-state index in [1.807, 2.05) is 42.5 Å². The van der Waals surface area contributed by atoms with Gasteiger partial charge in [0, 0.05) is 12.5 Å². The first-order chi connectivity index (χ1) is 14.9. The topological polar surface area (TPSA) is 105 Å². The zero-order valence-electron chi connectivity index (χ0n) is 18.4. The van der Waals surface area contributed by atoms with Crippen LogP contribution in [0.5, 0.6) is 0 Å².